The highest BCUT2D eigenvalue weighted by Crippen LogP contribution is 2.30. The number of carbonyl (C=O) groups excluding carboxylic acids is 1. The molecule has 0 heterocycles. The zero-order chi connectivity index (χ0) is 25.0. The molecule has 3 atom stereocenters. The number of carboxylic acids is 1. The van der Waals surface area contributed by atoms with Gasteiger partial charge in [0.2, 0.25) is 15.9 Å². The SMILES string of the molecule is CCC(CC)O[C@@H]1C=C(C(=O)O)C[C@H](NS(=O)(=O)c2ccc(C(F)(F)F)cc2)[C@H]1NC(C)=O. The zero-order valence-electron chi connectivity index (χ0n) is 18.3. The lowest BCUT2D eigenvalue weighted by Crippen LogP contribution is -2.59. The minimum absolute atomic E-state index is 0.104. The Labute approximate surface area is 190 Å². The number of alkyl halides is 3. The van der Waals surface area contributed by atoms with Crippen LogP contribution in [-0.4, -0.2) is 49.7 Å². The van der Waals surface area contributed by atoms with Crippen molar-refractivity contribution in [2.24, 2.45) is 0 Å². The molecule has 0 aromatic heterocycles. The van der Waals surface area contributed by atoms with E-state index in [-0.39, 0.29) is 18.1 Å². The average Bonchev–Trinajstić information content (AvgIpc) is 2.72. The fourth-order valence-electron chi connectivity index (χ4n) is 3.57. The number of aliphatic carboxylic acids is 1. The van der Waals surface area contributed by atoms with Crippen molar-refractivity contribution in [3.8, 4) is 0 Å². The maximum Gasteiger partial charge on any atom is 0.416 e. The van der Waals surface area contributed by atoms with Crippen molar-refractivity contribution in [3.05, 3.63) is 41.5 Å². The maximum absolute atomic E-state index is 12.9. The van der Waals surface area contributed by atoms with Gasteiger partial charge in [0.25, 0.3) is 0 Å². The van der Waals surface area contributed by atoms with Gasteiger partial charge in [0.1, 0.15) is 0 Å². The zero-order valence-corrected chi connectivity index (χ0v) is 19.2. The van der Waals surface area contributed by atoms with E-state index < -0.39 is 56.7 Å². The highest BCUT2D eigenvalue weighted by molar-refractivity contribution is 7.89. The number of halogens is 3. The van der Waals surface area contributed by atoms with Crippen molar-refractivity contribution in [3.63, 3.8) is 0 Å². The molecule has 1 aliphatic carbocycles. The van der Waals surface area contributed by atoms with Crippen LogP contribution in [0.1, 0.15) is 45.6 Å². The quantitative estimate of drug-likeness (QED) is 0.487. The summed E-state index contributed by atoms with van der Waals surface area (Å²) in [6, 6.07) is 0.859. The van der Waals surface area contributed by atoms with E-state index in [1.165, 1.54) is 13.0 Å². The monoisotopic (exact) mass is 492 g/mol. The highest BCUT2D eigenvalue weighted by Gasteiger charge is 2.40. The smallest absolute Gasteiger partial charge is 0.416 e. The van der Waals surface area contributed by atoms with Crippen LogP contribution in [0.15, 0.2) is 40.8 Å². The Morgan fingerprint density at radius 1 is 1.18 bits per heavy atom. The molecule has 12 heteroatoms. The number of carboxylic acid groups (broad SMARTS) is 1. The predicted octanol–water partition coefficient (Wildman–Crippen LogP) is 2.85. The van der Waals surface area contributed by atoms with Crippen LogP contribution >= 0.6 is 0 Å². The largest absolute Gasteiger partial charge is 0.478 e. The summed E-state index contributed by atoms with van der Waals surface area (Å²) in [7, 11) is -4.35. The minimum atomic E-state index is -4.63. The summed E-state index contributed by atoms with van der Waals surface area (Å²) in [5.41, 5.74) is -1.11. The Bertz CT molecular complexity index is 988. The summed E-state index contributed by atoms with van der Waals surface area (Å²) in [6.07, 6.45) is -3.51. The number of carbonyl (C=O) groups is 2. The number of benzene rings is 1. The normalized spacial score (nSPS) is 21.5. The summed E-state index contributed by atoms with van der Waals surface area (Å²) in [5, 5.41) is 12.1. The first-order valence-corrected chi connectivity index (χ1v) is 11.8. The molecule has 0 spiro atoms. The average molecular weight is 493 g/mol. The van der Waals surface area contributed by atoms with Gasteiger partial charge in [-0.25, -0.2) is 17.9 Å². The predicted molar refractivity (Wildman–Crippen MR) is 113 cm³/mol. The molecular formula is C21H27F3N2O6S. The molecule has 1 aliphatic rings. The summed E-state index contributed by atoms with van der Waals surface area (Å²) in [5.74, 6) is -1.75. The minimum Gasteiger partial charge on any atom is -0.478 e. The Morgan fingerprint density at radius 3 is 2.21 bits per heavy atom. The third kappa shape index (κ3) is 7.02. The number of amides is 1. The Kier molecular flexibility index (Phi) is 8.66. The lowest BCUT2D eigenvalue weighted by molar-refractivity contribution is -0.137. The number of sulfonamides is 1. The van der Waals surface area contributed by atoms with Crippen LogP contribution in [0, 0.1) is 0 Å². The van der Waals surface area contributed by atoms with Crippen LogP contribution in [0.5, 0.6) is 0 Å². The first kappa shape index (κ1) is 26.8. The van der Waals surface area contributed by atoms with Gasteiger partial charge in [0, 0.05) is 18.5 Å². The van der Waals surface area contributed by atoms with Gasteiger partial charge < -0.3 is 15.2 Å². The Hall–Kier alpha value is -2.44. The second-order valence-electron chi connectivity index (χ2n) is 7.72. The Balaban J connectivity index is 2.40. The van der Waals surface area contributed by atoms with Crippen molar-refractivity contribution < 1.29 is 41.0 Å². The van der Waals surface area contributed by atoms with E-state index in [1.807, 2.05) is 13.8 Å². The maximum atomic E-state index is 12.9. The topological polar surface area (TPSA) is 122 Å². The summed E-state index contributed by atoms with van der Waals surface area (Å²) >= 11 is 0. The van der Waals surface area contributed by atoms with Crippen molar-refractivity contribution >= 4 is 21.9 Å². The van der Waals surface area contributed by atoms with Crippen LogP contribution in [0.25, 0.3) is 0 Å². The van der Waals surface area contributed by atoms with E-state index in [4.69, 9.17) is 4.74 Å². The van der Waals surface area contributed by atoms with Gasteiger partial charge in [-0.2, -0.15) is 13.2 Å². The molecule has 0 fully saturated rings. The molecule has 0 saturated heterocycles. The van der Waals surface area contributed by atoms with Gasteiger partial charge in [0.15, 0.2) is 0 Å². The number of nitrogens with one attached hydrogen (secondary N) is 2. The van der Waals surface area contributed by atoms with Crippen molar-refractivity contribution in [1.82, 2.24) is 10.0 Å². The van der Waals surface area contributed by atoms with Gasteiger partial charge in [-0.15, -0.1) is 0 Å². The molecule has 0 radical (unpaired) electrons. The molecule has 8 nitrogen and oxygen atoms in total. The van der Waals surface area contributed by atoms with Crippen LogP contribution in [0.3, 0.4) is 0 Å². The van der Waals surface area contributed by atoms with Crippen LogP contribution in [0.4, 0.5) is 13.2 Å². The first-order valence-electron chi connectivity index (χ1n) is 10.3. The second kappa shape index (κ2) is 10.7. The number of rotatable bonds is 9. The molecule has 0 unspecified atom stereocenters. The lowest BCUT2D eigenvalue weighted by atomic mass is 9.88. The Morgan fingerprint density at radius 2 is 1.76 bits per heavy atom. The van der Waals surface area contributed by atoms with E-state index >= 15 is 0 Å². The second-order valence-corrected chi connectivity index (χ2v) is 9.43. The van der Waals surface area contributed by atoms with Crippen molar-refractivity contribution in [2.75, 3.05) is 0 Å². The molecule has 33 heavy (non-hydrogen) atoms. The molecule has 0 saturated carbocycles. The number of hydrogen-bond acceptors (Lipinski definition) is 5. The van der Waals surface area contributed by atoms with Crippen LogP contribution in [0.2, 0.25) is 0 Å². The highest BCUT2D eigenvalue weighted by atomic mass is 32.2. The van der Waals surface area contributed by atoms with E-state index in [0.29, 0.717) is 25.0 Å². The van der Waals surface area contributed by atoms with E-state index in [2.05, 4.69) is 10.0 Å². The molecule has 184 valence electrons. The first-order chi connectivity index (χ1) is 15.3. The van der Waals surface area contributed by atoms with Gasteiger partial charge >= 0.3 is 12.1 Å². The fourth-order valence-corrected chi connectivity index (χ4v) is 4.83. The van der Waals surface area contributed by atoms with Gasteiger partial charge in [-0.05, 0) is 49.6 Å². The lowest BCUT2D eigenvalue weighted by Gasteiger charge is -2.38. The standard InChI is InChI=1S/C21H27F3N2O6S/c1-4-15(5-2)32-18-11-13(20(28)29)10-17(19(18)25-12(3)27)26-33(30,31)16-8-6-14(7-9-16)21(22,23)24/h6-9,11,15,17-19,26H,4-5,10H2,1-3H3,(H,25,27)(H,28,29)/t17-,18+,19+/m0/s1. The van der Waals surface area contributed by atoms with Crippen molar-refractivity contribution in [1.29, 1.82) is 0 Å². The molecule has 1 amide bonds. The number of ether oxygens (including phenoxy) is 1. The van der Waals surface area contributed by atoms with Gasteiger partial charge in [-0.1, -0.05) is 13.8 Å². The fraction of sp³-hybridized carbons (Fsp3) is 0.524. The molecule has 1 aromatic carbocycles. The molecular weight excluding hydrogens is 465 g/mol. The summed E-state index contributed by atoms with van der Waals surface area (Å²) < 4.78 is 72.5. The molecule has 0 aliphatic heterocycles. The van der Waals surface area contributed by atoms with Gasteiger partial charge in [0.05, 0.1) is 28.7 Å². The summed E-state index contributed by atoms with van der Waals surface area (Å²) in [6.45, 7) is 4.97. The third-order valence-electron chi connectivity index (χ3n) is 5.30. The van der Waals surface area contributed by atoms with Crippen LogP contribution < -0.4 is 10.0 Å². The third-order valence-corrected chi connectivity index (χ3v) is 6.80. The molecule has 0 bridgehead atoms. The van der Waals surface area contributed by atoms with Crippen molar-refractivity contribution in [2.45, 2.75) is 75.4 Å². The molecule has 2 rings (SSSR count). The molecule has 1 aromatic rings. The number of hydrogen-bond donors (Lipinski definition) is 3. The summed E-state index contributed by atoms with van der Waals surface area (Å²) in [4.78, 5) is 23.1. The molecule has 3 N–H and O–H groups in total. The van der Waals surface area contributed by atoms with E-state index in [1.54, 1.807) is 0 Å². The van der Waals surface area contributed by atoms with E-state index in [0.717, 1.165) is 12.1 Å². The van der Waals surface area contributed by atoms with E-state index in [9.17, 15) is 36.3 Å². The van der Waals surface area contributed by atoms with Crippen LogP contribution in [-0.2, 0) is 30.5 Å². The van der Waals surface area contributed by atoms with Gasteiger partial charge in [-0.3, -0.25) is 4.79 Å².